The molecule has 1 saturated heterocycles. The molecular formula is C11H21N3O2. The highest BCUT2D eigenvalue weighted by Crippen LogP contribution is 2.18. The molecule has 1 rings (SSSR count). The molecule has 0 aliphatic carbocycles. The number of hydrogen-bond acceptors (Lipinski definition) is 3. The zero-order chi connectivity index (χ0) is 12.1. The van der Waals surface area contributed by atoms with Crippen LogP contribution >= 0.6 is 0 Å². The van der Waals surface area contributed by atoms with Crippen molar-refractivity contribution in [2.75, 3.05) is 6.54 Å². The van der Waals surface area contributed by atoms with Gasteiger partial charge in [0.15, 0.2) is 0 Å². The van der Waals surface area contributed by atoms with E-state index >= 15 is 0 Å². The van der Waals surface area contributed by atoms with E-state index in [-0.39, 0.29) is 5.91 Å². The zero-order valence-electron chi connectivity index (χ0n) is 9.82. The number of likely N-dealkylation sites (tertiary alicyclic amines) is 1. The van der Waals surface area contributed by atoms with E-state index in [9.17, 15) is 9.59 Å². The third-order valence-corrected chi connectivity index (χ3v) is 3.03. The van der Waals surface area contributed by atoms with Gasteiger partial charge in [0.05, 0.1) is 6.04 Å². The first-order chi connectivity index (χ1) is 7.57. The van der Waals surface area contributed by atoms with Crippen LogP contribution in [0.25, 0.3) is 0 Å². The van der Waals surface area contributed by atoms with Crippen LogP contribution in [0.1, 0.15) is 39.0 Å². The molecule has 1 fully saturated rings. The maximum Gasteiger partial charge on any atom is 0.240 e. The van der Waals surface area contributed by atoms with Crippen LogP contribution in [0.15, 0.2) is 0 Å². The van der Waals surface area contributed by atoms with Crippen molar-refractivity contribution in [3.8, 4) is 0 Å². The SMILES string of the molecule is CCC[C@@H](N)C(=O)N1CCCCC1C(N)=O. The lowest BCUT2D eigenvalue weighted by molar-refractivity contribution is -0.142. The van der Waals surface area contributed by atoms with E-state index in [2.05, 4.69) is 0 Å². The topological polar surface area (TPSA) is 89.4 Å². The first kappa shape index (κ1) is 13.0. The molecule has 0 aromatic heterocycles. The van der Waals surface area contributed by atoms with Crippen LogP contribution in [-0.4, -0.2) is 35.3 Å². The number of hydrogen-bond donors (Lipinski definition) is 2. The van der Waals surface area contributed by atoms with E-state index in [0.29, 0.717) is 19.4 Å². The molecule has 0 aromatic carbocycles. The minimum absolute atomic E-state index is 0.134. The summed E-state index contributed by atoms with van der Waals surface area (Å²) in [5.41, 5.74) is 11.1. The molecule has 5 heteroatoms. The van der Waals surface area contributed by atoms with E-state index in [0.717, 1.165) is 19.3 Å². The molecule has 1 aliphatic rings. The lowest BCUT2D eigenvalue weighted by atomic mass is 10.00. The smallest absolute Gasteiger partial charge is 0.240 e. The number of nitrogens with two attached hydrogens (primary N) is 2. The summed E-state index contributed by atoms with van der Waals surface area (Å²) in [5, 5.41) is 0. The van der Waals surface area contributed by atoms with Crippen molar-refractivity contribution in [1.82, 2.24) is 4.90 Å². The molecule has 5 nitrogen and oxygen atoms in total. The van der Waals surface area contributed by atoms with Crippen molar-refractivity contribution in [2.45, 2.75) is 51.1 Å². The second-order valence-electron chi connectivity index (χ2n) is 4.34. The molecule has 2 atom stereocenters. The Labute approximate surface area is 96.1 Å². The first-order valence-corrected chi connectivity index (χ1v) is 5.93. The van der Waals surface area contributed by atoms with Gasteiger partial charge in [0.25, 0.3) is 0 Å². The summed E-state index contributed by atoms with van der Waals surface area (Å²) in [4.78, 5) is 24.8. The number of primary amides is 1. The van der Waals surface area contributed by atoms with Crippen LogP contribution in [0.3, 0.4) is 0 Å². The number of carbonyl (C=O) groups is 2. The molecule has 0 bridgehead atoms. The molecule has 1 unspecified atom stereocenters. The van der Waals surface area contributed by atoms with E-state index in [1.165, 1.54) is 0 Å². The molecule has 2 amide bonds. The van der Waals surface area contributed by atoms with Gasteiger partial charge < -0.3 is 16.4 Å². The third kappa shape index (κ3) is 2.95. The van der Waals surface area contributed by atoms with Gasteiger partial charge >= 0.3 is 0 Å². The molecule has 0 radical (unpaired) electrons. The quantitative estimate of drug-likeness (QED) is 0.707. The standard InChI is InChI=1S/C11H21N3O2/c1-2-5-8(12)11(16)14-7-4-3-6-9(14)10(13)15/h8-9H,2-7,12H2,1H3,(H2,13,15)/t8-,9?/m1/s1. The Morgan fingerprint density at radius 3 is 2.69 bits per heavy atom. The minimum Gasteiger partial charge on any atom is -0.368 e. The maximum absolute atomic E-state index is 12.0. The van der Waals surface area contributed by atoms with Gasteiger partial charge in [-0.15, -0.1) is 0 Å². The lowest BCUT2D eigenvalue weighted by Crippen LogP contribution is -2.55. The fourth-order valence-electron chi connectivity index (χ4n) is 2.14. The lowest BCUT2D eigenvalue weighted by Gasteiger charge is -2.35. The van der Waals surface area contributed by atoms with Gasteiger partial charge in [-0.1, -0.05) is 13.3 Å². The van der Waals surface area contributed by atoms with Crippen molar-refractivity contribution < 1.29 is 9.59 Å². The maximum atomic E-state index is 12.0. The Balaban J connectivity index is 2.67. The number of rotatable bonds is 4. The minimum atomic E-state index is -0.495. The molecule has 0 saturated carbocycles. The van der Waals surface area contributed by atoms with Crippen molar-refractivity contribution in [1.29, 1.82) is 0 Å². The Hall–Kier alpha value is -1.10. The van der Waals surface area contributed by atoms with Crippen LogP contribution in [0.4, 0.5) is 0 Å². The summed E-state index contributed by atoms with van der Waals surface area (Å²) in [5.74, 6) is -0.554. The van der Waals surface area contributed by atoms with Crippen LogP contribution < -0.4 is 11.5 Å². The highest BCUT2D eigenvalue weighted by atomic mass is 16.2. The predicted molar refractivity (Wildman–Crippen MR) is 61.4 cm³/mol. The Morgan fingerprint density at radius 1 is 1.44 bits per heavy atom. The van der Waals surface area contributed by atoms with Gasteiger partial charge in [-0.3, -0.25) is 9.59 Å². The Morgan fingerprint density at radius 2 is 2.12 bits per heavy atom. The summed E-state index contributed by atoms with van der Waals surface area (Å²) in [6.45, 7) is 2.58. The molecule has 1 heterocycles. The highest BCUT2D eigenvalue weighted by molar-refractivity contribution is 5.89. The largest absolute Gasteiger partial charge is 0.368 e. The van der Waals surface area contributed by atoms with Crippen LogP contribution in [0.5, 0.6) is 0 Å². The Bertz CT molecular complexity index is 268. The van der Waals surface area contributed by atoms with Gasteiger partial charge in [-0.05, 0) is 25.7 Å². The van der Waals surface area contributed by atoms with E-state index in [1.807, 2.05) is 6.92 Å². The number of piperidine rings is 1. The van der Waals surface area contributed by atoms with Crippen molar-refractivity contribution in [3.63, 3.8) is 0 Å². The van der Waals surface area contributed by atoms with Crippen molar-refractivity contribution in [3.05, 3.63) is 0 Å². The van der Waals surface area contributed by atoms with Crippen LogP contribution in [0.2, 0.25) is 0 Å². The van der Waals surface area contributed by atoms with Crippen LogP contribution in [0, 0.1) is 0 Å². The predicted octanol–water partition coefficient (Wildman–Crippen LogP) is -0.0198. The van der Waals surface area contributed by atoms with Crippen molar-refractivity contribution >= 4 is 11.8 Å². The second kappa shape index (κ2) is 5.84. The molecule has 4 N–H and O–H groups in total. The fourth-order valence-corrected chi connectivity index (χ4v) is 2.14. The monoisotopic (exact) mass is 227 g/mol. The number of amides is 2. The normalized spacial score (nSPS) is 22.9. The molecule has 92 valence electrons. The van der Waals surface area contributed by atoms with Gasteiger partial charge in [-0.2, -0.15) is 0 Å². The number of carbonyl (C=O) groups excluding carboxylic acids is 2. The molecule has 0 spiro atoms. The summed E-state index contributed by atoms with van der Waals surface area (Å²) in [7, 11) is 0. The second-order valence-corrected chi connectivity index (χ2v) is 4.34. The summed E-state index contributed by atoms with van der Waals surface area (Å²) >= 11 is 0. The van der Waals surface area contributed by atoms with Crippen LogP contribution in [-0.2, 0) is 9.59 Å². The number of nitrogens with zero attached hydrogens (tertiary/aromatic N) is 1. The van der Waals surface area contributed by atoms with Gasteiger partial charge in [0.1, 0.15) is 6.04 Å². The summed E-state index contributed by atoms with van der Waals surface area (Å²) < 4.78 is 0. The van der Waals surface area contributed by atoms with Gasteiger partial charge in [0.2, 0.25) is 11.8 Å². The fraction of sp³-hybridized carbons (Fsp3) is 0.818. The van der Waals surface area contributed by atoms with Crippen molar-refractivity contribution in [2.24, 2.45) is 11.5 Å². The summed E-state index contributed by atoms with van der Waals surface area (Å²) in [6.07, 6.45) is 4.05. The zero-order valence-corrected chi connectivity index (χ0v) is 9.82. The average molecular weight is 227 g/mol. The Kier molecular flexibility index (Phi) is 4.73. The van der Waals surface area contributed by atoms with E-state index < -0.39 is 18.0 Å². The first-order valence-electron chi connectivity index (χ1n) is 5.93. The van der Waals surface area contributed by atoms with Gasteiger partial charge in [0, 0.05) is 6.54 Å². The summed E-state index contributed by atoms with van der Waals surface area (Å²) in [6, 6.07) is -0.950. The molecular weight excluding hydrogens is 206 g/mol. The molecule has 16 heavy (non-hydrogen) atoms. The average Bonchev–Trinajstić information content (AvgIpc) is 2.28. The van der Waals surface area contributed by atoms with Gasteiger partial charge in [-0.25, -0.2) is 0 Å². The molecule has 1 aliphatic heterocycles. The highest BCUT2D eigenvalue weighted by Gasteiger charge is 2.32. The van der Waals surface area contributed by atoms with E-state index in [1.54, 1.807) is 4.90 Å². The van der Waals surface area contributed by atoms with E-state index in [4.69, 9.17) is 11.5 Å². The molecule has 0 aromatic rings. The third-order valence-electron chi connectivity index (χ3n) is 3.03.